The van der Waals surface area contributed by atoms with Gasteiger partial charge in [-0.05, 0) is 30.2 Å². The van der Waals surface area contributed by atoms with Crippen LogP contribution in [0.15, 0.2) is 48.5 Å². The Hall–Kier alpha value is -1.91. The molecular formula is C16H15ClN2OS. The van der Waals surface area contributed by atoms with Crippen LogP contribution in [-0.2, 0) is 4.79 Å². The number of anilines is 1. The van der Waals surface area contributed by atoms with Crippen molar-refractivity contribution in [1.29, 1.82) is 0 Å². The lowest BCUT2D eigenvalue weighted by Crippen LogP contribution is -2.31. The van der Waals surface area contributed by atoms with Gasteiger partial charge >= 0.3 is 0 Å². The Kier molecular flexibility index (Phi) is 4.94. The number of hydrogen-bond acceptors (Lipinski definition) is 2. The standard InChI is InChI=1S/C16H15ClN2OS/c1-10-7-8-13(12(17)9-10)19-16(20)14(15(18)21)11-5-3-2-4-6-11/h2-9,14H,1H3,(H2,18,21)(H,19,20). The number of nitrogens with two attached hydrogens (primary N) is 1. The van der Waals surface area contributed by atoms with Crippen molar-refractivity contribution in [3.8, 4) is 0 Å². The first-order valence-electron chi connectivity index (χ1n) is 6.40. The number of aryl methyl sites for hydroxylation is 1. The molecule has 3 nitrogen and oxygen atoms in total. The molecular weight excluding hydrogens is 304 g/mol. The first kappa shape index (κ1) is 15.5. The van der Waals surface area contributed by atoms with Gasteiger partial charge in [0, 0.05) is 0 Å². The van der Waals surface area contributed by atoms with Crippen LogP contribution >= 0.6 is 23.8 Å². The van der Waals surface area contributed by atoms with Crippen molar-refractivity contribution in [2.75, 3.05) is 5.32 Å². The summed E-state index contributed by atoms with van der Waals surface area (Å²) >= 11 is 11.2. The second-order valence-corrected chi connectivity index (χ2v) is 5.60. The van der Waals surface area contributed by atoms with E-state index in [0.717, 1.165) is 11.1 Å². The number of amides is 1. The average molecular weight is 319 g/mol. The number of nitrogens with one attached hydrogen (secondary N) is 1. The van der Waals surface area contributed by atoms with Gasteiger partial charge in [-0.1, -0.05) is 60.2 Å². The average Bonchev–Trinajstić information content (AvgIpc) is 2.43. The highest BCUT2D eigenvalue weighted by Gasteiger charge is 2.24. The minimum Gasteiger partial charge on any atom is -0.392 e. The first-order chi connectivity index (χ1) is 9.99. The highest BCUT2D eigenvalue weighted by molar-refractivity contribution is 7.80. The van der Waals surface area contributed by atoms with E-state index in [2.05, 4.69) is 5.32 Å². The van der Waals surface area contributed by atoms with Crippen LogP contribution in [0.1, 0.15) is 17.0 Å². The van der Waals surface area contributed by atoms with Gasteiger partial charge < -0.3 is 11.1 Å². The third kappa shape index (κ3) is 3.80. The molecule has 2 rings (SSSR count). The fourth-order valence-corrected chi connectivity index (χ4v) is 2.54. The molecule has 0 radical (unpaired) electrons. The maximum Gasteiger partial charge on any atom is 0.238 e. The van der Waals surface area contributed by atoms with E-state index in [1.165, 1.54) is 0 Å². The highest BCUT2D eigenvalue weighted by Crippen LogP contribution is 2.25. The second kappa shape index (κ2) is 6.70. The zero-order valence-corrected chi connectivity index (χ0v) is 13.0. The van der Waals surface area contributed by atoms with Crippen LogP contribution in [-0.4, -0.2) is 10.9 Å². The van der Waals surface area contributed by atoms with Crippen LogP contribution in [0, 0.1) is 6.92 Å². The van der Waals surface area contributed by atoms with Crippen LogP contribution in [0.2, 0.25) is 5.02 Å². The number of thiocarbonyl (C=S) groups is 1. The lowest BCUT2D eigenvalue weighted by Gasteiger charge is -2.16. The molecule has 0 bridgehead atoms. The molecule has 0 spiro atoms. The molecule has 0 heterocycles. The summed E-state index contributed by atoms with van der Waals surface area (Å²) in [5.74, 6) is -0.974. The molecule has 1 atom stereocenters. The molecule has 2 aromatic carbocycles. The predicted octanol–water partition coefficient (Wildman–Crippen LogP) is 3.66. The van der Waals surface area contributed by atoms with Gasteiger partial charge in [0.05, 0.1) is 15.7 Å². The van der Waals surface area contributed by atoms with Crippen molar-refractivity contribution in [2.45, 2.75) is 12.8 Å². The van der Waals surface area contributed by atoms with E-state index in [4.69, 9.17) is 29.6 Å². The summed E-state index contributed by atoms with van der Waals surface area (Å²) < 4.78 is 0. The number of carbonyl (C=O) groups excluding carboxylic acids is 1. The van der Waals surface area contributed by atoms with Gasteiger partial charge in [0.1, 0.15) is 5.92 Å². The van der Waals surface area contributed by atoms with E-state index >= 15 is 0 Å². The van der Waals surface area contributed by atoms with E-state index in [-0.39, 0.29) is 10.9 Å². The van der Waals surface area contributed by atoms with Crippen LogP contribution < -0.4 is 11.1 Å². The van der Waals surface area contributed by atoms with Crippen LogP contribution in [0.5, 0.6) is 0 Å². The zero-order chi connectivity index (χ0) is 15.4. The summed E-state index contributed by atoms with van der Waals surface area (Å²) in [4.78, 5) is 12.6. The molecule has 108 valence electrons. The summed E-state index contributed by atoms with van der Waals surface area (Å²) in [7, 11) is 0. The molecule has 0 aliphatic carbocycles. The monoisotopic (exact) mass is 318 g/mol. The van der Waals surface area contributed by atoms with E-state index in [1.54, 1.807) is 12.1 Å². The third-order valence-electron chi connectivity index (χ3n) is 3.06. The molecule has 0 saturated carbocycles. The molecule has 5 heteroatoms. The molecule has 1 unspecified atom stereocenters. The summed E-state index contributed by atoms with van der Waals surface area (Å²) in [6.07, 6.45) is 0. The molecule has 0 aliphatic heterocycles. The fraction of sp³-hybridized carbons (Fsp3) is 0.125. The normalized spacial score (nSPS) is 11.7. The lowest BCUT2D eigenvalue weighted by atomic mass is 9.98. The van der Waals surface area contributed by atoms with Crippen molar-refractivity contribution < 1.29 is 4.79 Å². The Morgan fingerprint density at radius 2 is 1.90 bits per heavy atom. The predicted molar refractivity (Wildman–Crippen MR) is 90.8 cm³/mol. The van der Waals surface area contributed by atoms with Crippen LogP contribution in [0.25, 0.3) is 0 Å². The molecule has 0 aromatic heterocycles. The maximum absolute atomic E-state index is 12.5. The maximum atomic E-state index is 12.5. The number of rotatable bonds is 4. The summed E-state index contributed by atoms with van der Waals surface area (Å²) in [5.41, 5.74) is 8.04. The van der Waals surface area contributed by atoms with E-state index in [1.807, 2.05) is 43.3 Å². The van der Waals surface area contributed by atoms with Gasteiger partial charge in [-0.2, -0.15) is 0 Å². The third-order valence-corrected chi connectivity index (χ3v) is 3.61. The highest BCUT2D eigenvalue weighted by atomic mass is 35.5. The Labute approximate surface area is 134 Å². The van der Waals surface area contributed by atoms with Crippen molar-refractivity contribution in [2.24, 2.45) is 5.73 Å². The Bertz CT molecular complexity index is 673. The van der Waals surface area contributed by atoms with Crippen LogP contribution in [0.3, 0.4) is 0 Å². The van der Waals surface area contributed by atoms with E-state index in [9.17, 15) is 4.79 Å². The van der Waals surface area contributed by atoms with Gasteiger partial charge in [-0.15, -0.1) is 0 Å². The van der Waals surface area contributed by atoms with Gasteiger partial charge in [0.25, 0.3) is 0 Å². The SMILES string of the molecule is Cc1ccc(NC(=O)C(C(N)=S)c2ccccc2)c(Cl)c1. The summed E-state index contributed by atoms with van der Waals surface area (Å²) in [5, 5.41) is 3.26. The van der Waals surface area contributed by atoms with Crippen LogP contribution in [0.4, 0.5) is 5.69 Å². The van der Waals surface area contributed by atoms with E-state index < -0.39 is 5.92 Å². The first-order valence-corrected chi connectivity index (χ1v) is 7.19. The number of halogens is 1. The molecule has 2 aromatic rings. The molecule has 0 aliphatic rings. The zero-order valence-electron chi connectivity index (χ0n) is 11.5. The Morgan fingerprint density at radius 3 is 2.48 bits per heavy atom. The topological polar surface area (TPSA) is 55.1 Å². The van der Waals surface area contributed by atoms with Gasteiger partial charge in [-0.25, -0.2) is 0 Å². The quantitative estimate of drug-likeness (QED) is 0.846. The Balaban J connectivity index is 2.26. The summed E-state index contributed by atoms with van der Waals surface area (Å²) in [6.45, 7) is 1.93. The molecule has 21 heavy (non-hydrogen) atoms. The summed E-state index contributed by atoms with van der Waals surface area (Å²) in [6, 6.07) is 14.6. The number of benzene rings is 2. The fourth-order valence-electron chi connectivity index (χ4n) is 2.02. The van der Waals surface area contributed by atoms with Crippen molar-refractivity contribution >= 4 is 40.4 Å². The molecule has 0 saturated heterocycles. The largest absolute Gasteiger partial charge is 0.392 e. The van der Waals surface area contributed by atoms with Crippen molar-refractivity contribution in [3.63, 3.8) is 0 Å². The number of hydrogen-bond donors (Lipinski definition) is 2. The number of carbonyl (C=O) groups is 1. The van der Waals surface area contributed by atoms with Crippen molar-refractivity contribution in [3.05, 3.63) is 64.7 Å². The molecule has 1 amide bonds. The van der Waals surface area contributed by atoms with Crippen molar-refractivity contribution in [1.82, 2.24) is 0 Å². The lowest BCUT2D eigenvalue weighted by molar-refractivity contribution is -0.116. The molecule has 3 N–H and O–H groups in total. The minimum atomic E-state index is -0.682. The smallest absolute Gasteiger partial charge is 0.238 e. The Morgan fingerprint density at radius 1 is 1.24 bits per heavy atom. The minimum absolute atomic E-state index is 0.127. The van der Waals surface area contributed by atoms with Gasteiger partial charge in [0.15, 0.2) is 0 Å². The van der Waals surface area contributed by atoms with Gasteiger partial charge in [-0.3, -0.25) is 4.79 Å². The molecule has 0 fully saturated rings. The van der Waals surface area contributed by atoms with E-state index in [0.29, 0.717) is 10.7 Å². The van der Waals surface area contributed by atoms with Gasteiger partial charge in [0.2, 0.25) is 5.91 Å². The second-order valence-electron chi connectivity index (χ2n) is 4.72.